The number of fused-ring (bicyclic) bond motifs is 1. The first-order chi connectivity index (χ1) is 14.2. The summed E-state index contributed by atoms with van der Waals surface area (Å²) in [6, 6.07) is 15.5. The highest BCUT2D eigenvalue weighted by atomic mass is 16.7. The van der Waals surface area contributed by atoms with E-state index in [1.807, 2.05) is 35.2 Å². The first kappa shape index (κ1) is 19.1. The molecule has 7 nitrogen and oxygen atoms in total. The normalized spacial score (nSPS) is 15.8. The fourth-order valence-electron chi connectivity index (χ4n) is 3.65. The Balaban J connectivity index is 1.21. The number of nitrogens with zero attached hydrogens (tertiary/aromatic N) is 3. The summed E-state index contributed by atoms with van der Waals surface area (Å²) in [5.41, 5.74) is 2.56. The molecular formula is C22H24N4O3. The van der Waals surface area contributed by atoms with E-state index >= 15 is 0 Å². The summed E-state index contributed by atoms with van der Waals surface area (Å²) < 4.78 is 10.8. The molecule has 1 N–H and O–H groups in total. The summed E-state index contributed by atoms with van der Waals surface area (Å²) >= 11 is 0. The Labute approximate surface area is 170 Å². The zero-order chi connectivity index (χ0) is 20.1. The van der Waals surface area contributed by atoms with Crippen LogP contribution >= 0.6 is 0 Å². The van der Waals surface area contributed by atoms with Gasteiger partial charge in [-0.3, -0.25) is 9.69 Å². The van der Waals surface area contributed by atoms with Crippen LogP contribution in [0.15, 0.2) is 42.5 Å². The van der Waals surface area contributed by atoms with Crippen LogP contribution in [0.1, 0.15) is 17.5 Å². The maximum Gasteiger partial charge on any atom is 0.231 e. The van der Waals surface area contributed by atoms with Gasteiger partial charge in [-0.05, 0) is 29.8 Å². The lowest BCUT2D eigenvalue weighted by Gasteiger charge is -2.35. The molecule has 0 radical (unpaired) electrons. The highest BCUT2D eigenvalue weighted by Crippen LogP contribution is 2.32. The Hall–Kier alpha value is -3.24. The standard InChI is InChI=1S/C22H24N4O3/c23-14-18-3-1-2-4-19(18)24-8-7-22(27)26-11-9-25(10-12-26)15-17-5-6-20-21(13-17)29-16-28-20/h1-6,13,24H,7-12,15-16H2. The minimum Gasteiger partial charge on any atom is -0.454 e. The fraction of sp³-hybridized carbons (Fsp3) is 0.364. The number of ether oxygens (including phenoxy) is 2. The third-order valence-electron chi connectivity index (χ3n) is 5.27. The van der Waals surface area contributed by atoms with Crippen molar-refractivity contribution in [1.82, 2.24) is 9.80 Å². The number of amides is 1. The smallest absolute Gasteiger partial charge is 0.231 e. The highest BCUT2D eigenvalue weighted by Gasteiger charge is 2.21. The summed E-state index contributed by atoms with van der Waals surface area (Å²) in [5, 5.41) is 12.3. The van der Waals surface area contributed by atoms with Gasteiger partial charge in [-0.1, -0.05) is 18.2 Å². The molecule has 0 aromatic heterocycles. The average molecular weight is 392 g/mol. The van der Waals surface area contributed by atoms with E-state index in [-0.39, 0.29) is 12.7 Å². The van der Waals surface area contributed by atoms with Crippen LogP contribution in [0.25, 0.3) is 0 Å². The second-order valence-corrected chi connectivity index (χ2v) is 7.18. The van der Waals surface area contributed by atoms with Crippen LogP contribution in [-0.4, -0.2) is 55.2 Å². The van der Waals surface area contributed by atoms with Crippen molar-refractivity contribution in [2.75, 3.05) is 44.8 Å². The number of nitriles is 1. The van der Waals surface area contributed by atoms with Crippen molar-refractivity contribution < 1.29 is 14.3 Å². The maximum absolute atomic E-state index is 12.5. The van der Waals surface area contributed by atoms with Crippen LogP contribution in [0.4, 0.5) is 5.69 Å². The van der Waals surface area contributed by atoms with Gasteiger partial charge in [0.25, 0.3) is 0 Å². The molecule has 4 rings (SSSR count). The molecule has 0 saturated carbocycles. The molecule has 0 aliphatic carbocycles. The van der Waals surface area contributed by atoms with E-state index in [0.29, 0.717) is 18.5 Å². The second-order valence-electron chi connectivity index (χ2n) is 7.18. The van der Waals surface area contributed by atoms with E-state index in [0.717, 1.165) is 49.9 Å². The zero-order valence-electron chi connectivity index (χ0n) is 16.3. The van der Waals surface area contributed by atoms with E-state index in [1.54, 1.807) is 6.07 Å². The van der Waals surface area contributed by atoms with Gasteiger partial charge in [0.1, 0.15) is 6.07 Å². The summed E-state index contributed by atoms with van der Waals surface area (Å²) in [4.78, 5) is 16.8. The van der Waals surface area contributed by atoms with Crippen LogP contribution < -0.4 is 14.8 Å². The van der Waals surface area contributed by atoms with Gasteiger partial charge in [0, 0.05) is 45.7 Å². The molecule has 1 amide bonds. The van der Waals surface area contributed by atoms with Gasteiger partial charge in [0.05, 0.1) is 11.3 Å². The first-order valence-electron chi connectivity index (χ1n) is 9.84. The number of carbonyl (C=O) groups excluding carboxylic acids is 1. The molecule has 0 unspecified atom stereocenters. The molecule has 0 spiro atoms. The molecule has 2 heterocycles. The second kappa shape index (κ2) is 8.84. The molecule has 0 atom stereocenters. The van der Waals surface area contributed by atoms with E-state index in [1.165, 1.54) is 5.56 Å². The minimum absolute atomic E-state index is 0.148. The largest absolute Gasteiger partial charge is 0.454 e. The van der Waals surface area contributed by atoms with Crippen LogP contribution in [0.2, 0.25) is 0 Å². The van der Waals surface area contributed by atoms with Gasteiger partial charge in [-0.25, -0.2) is 0 Å². The lowest BCUT2D eigenvalue weighted by Crippen LogP contribution is -2.48. The Morgan fingerprint density at radius 3 is 2.69 bits per heavy atom. The molecule has 2 aromatic rings. The molecule has 29 heavy (non-hydrogen) atoms. The van der Waals surface area contributed by atoms with Crippen molar-refractivity contribution in [2.45, 2.75) is 13.0 Å². The van der Waals surface area contributed by atoms with E-state index in [9.17, 15) is 4.79 Å². The van der Waals surface area contributed by atoms with Crippen molar-refractivity contribution >= 4 is 11.6 Å². The van der Waals surface area contributed by atoms with Crippen molar-refractivity contribution in [3.8, 4) is 17.6 Å². The minimum atomic E-state index is 0.148. The number of piperazine rings is 1. The lowest BCUT2D eigenvalue weighted by atomic mass is 10.1. The fourth-order valence-corrected chi connectivity index (χ4v) is 3.65. The number of hydrogen-bond donors (Lipinski definition) is 1. The lowest BCUT2D eigenvalue weighted by molar-refractivity contribution is -0.132. The van der Waals surface area contributed by atoms with E-state index in [4.69, 9.17) is 14.7 Å². The van der Waals surface area contributed by atoms with Crippen LogP contribution in [-0.2, 0) is 11.3 Å². The average Bonchev–Trinajstić information content (AvgIpc) is 3.22. The van der Waals surface area contributed by atoms with Gasteiger partial charge >= 0.3 is 0 Å². The van der Waals surface area contributed by atoms with Gasteiger partial charge in [-0.2, -0.15) is 5.26 Å². The van der Waals surface area contributed by atoms with Crippen molar-refractivity contribution in [3.05, 3.63) is 53.6 Å². The van der Waals surface area contributed by atoms with Gasteiger partial charge in [0.15, 0.2) is 11.5 Å². The van der Waals surface area contributed by atoms with Crippen LogP contribution in [0.3, 0.4) is 0 Å². The number of benzene rings is 2. The number of nitrogens with one attached hydrogen (secondary N) is 1. The predicted octanol–water partition coefficient (Wildman–Crippen LogP) is 2.43. The number of rotatable bonds is 6. The number of anilines is 1. The Kier molecular flexibility index (Phi) is 5.82. The third-order valence-corrected chi connectivity index (χ3v) is 5.27. The Bertz CT molecular complexity index is 917. The summed E-state index contributed by atoms with van der Waals surface area (Å²) in [6.07, 6.45) is 0.419. The molecule has 2 aliphatic rings. The first-order valence-corrected chi connectivity index (χ1v) is 9.84. The SMILES string of the molecule is N#Cc1ccccc1NCCC(=O)N1CCN(Cc2ccc3c(c2)OCO3)CC1. The topological polar surface area (TPSA) is 77.8 Å². The molecular weight excluding hydrogens is 368 g/mol. The predicted molar refractivity (Wildman–Crippen MR) is 109 cm³/mol. The molecule has 2 aromatic carbocycles. The highest BCUT2D eigenvalue weighted by molar-refractivity contribution is 5.77. The van der Waals surface area contributed by atoms with Crippen molar-refractivity contribution in [3.63, 3.8) is 0 Å². The quantitative estimate of drug-likeness (QED) is 0.814. The monoisotopic (exact) mass is 392 g/mol. The summed E-state index contributed by atoms with van der Waals surface area (Å²) in [7, 11) is 0. The van der Waals surface area contributed by atoms with E-state index in [2.05, 4.69) is 22.4 Å². The van der Waals surface area contributed by atoms with Gasteiger partial charge in [0.2, 0.25) is 12.7 Å². The number of carbonyl (C=O) groups is 1. The van der Waals surface area contributed by atoms with Crippen LogP contribution in [0, 0.1) is 11.3 Å². The number of para-hydroxylation sites is 1. The van der Waals surface area contributed by atoms with Gasteiger partial charge in [-0.15, -0.1) is 0 Å². The molecule has 0 bridgehead atoms. The van der Waals surface area contributed by atoms with Crippen molar-refractivity contribution in [1.29, 1.82) is 5.26 Å². The van der Waals surface area contributed by atoms with E-state index < -0.39 is 0 Å². The van der Waals surface area contributed by atoms with Gasteiger partial charge < -0.3 is 19.7 Å². The molecule has 1 fully saturated rings. The summed E-state index contributed by atoms with van der Waals surface area (Å²) in [6.45, 7) is 4.82. The zero-order valence-corrected chi connectivity index (χ0v) is 16.3. The molecule has 7 heteroatoms. The molecule has 150 valence electrons. The summed E-state index contributed by atoms with van der Waals surface area (Å²) in [5.74, 6) is 1.76. The van der Waals surface area contributed by atoms with Crippen LogP contribution in [0.5, 0.6) is 11.5 Å². The molecule has 2 aliphatic heterocycles. The Morgan fingerprint density at radius 1 is 1.07 bits per heavy atom. The van der Waals surface area contributed by atoms with Crippen molar-refractivity contribution in [2.24, 2.45) is 0 Å². The third kappa shape index (κ3) is 4.61. The Morgan fingerprint density at radius 2 is 1.86 bits per heavy atom. The number of hydrogen-bond acceptors (Lipinski definition) is 6. The maximum atomic E-state index is 12.5. The molecule has 1 saturated heterocycles.